The summed E-state index contributed by atoms with van der Waals surface area (Å²) in [4.78, 5) is 25.2. The third-order valence-corrected chi connectivity index (χ3v) is 5.54. The van der Waals surface area contributed by atoms with Crippen LogP contribution in [0.15, 0.2) is 88.4 Å². The smallest absolute Gasteiger partial charge is 0.339 e. The Morgan fingerprint density at radius 1 is 1.00 bits per heavy atom. The highest BCUT2D eigenvalue weighted by molar-refractivity contribution is 5.89. The highest BCUT2D eigenvalue weighted by Crippen LogP contribution is 2.26. The number of hydrogen-bond donors (Lipinski definition) is 2. The molecule has 0 atom stereocenters. The van der Waals surface area contributed by atoms with Gasteiger partial charge in [-0.05, 0) is 61.9 Å². The predicted molar refractivity (Wildman–Crippen MR) is 136 cm³/mol. The van der Waals surface area contributed by atoms with E-state index in [1.54, 1.807) is 24.3 Å². The predicted octanol–water partition coefficient (Wildman–Crippen LogP) is 5.49. The normalized spacial score (nSPS) is 11.3. The Morgan fingerprint density at radius 3 is 2.37 bits per heavy atom. The first-order chi connectivity index (χ1) is 17.0. The fraction of sp³-hybridized carbons (Fsp3) is 0.154. The van der Waals surface area contributed by atoms with Gasteiger partial charge in [-0.2, -0.15) is 0 Å². The molecule has 1 aromatic heterocycles. The molecule has 0 aliphatic heterocycles. The number of amides is 2. The lowest BCUT2D eigenvalue weighted by Gasteiger charge is -2.21. The van der Waals surface area contributed by atoms with E-state index in [0.29, 0.717) is 22.4 Å². The van der Waals surface area contributed by atoms with Gasteiger partial charge in [-0.15, -0.1) is 5.10 Å². The van der Waals surface area contributed by atoms with E-state index in [9.17, 15) is 14.9 Å². The Labute approximate surface area is 201 Å². The number of nitrogens with one attached hydrogen (secondary N) is 2. The van der Waals surface area contributed by atoms with Crippen molar-refractivity contribution in [3.63, 3.8) is 0 Å². The summed E-state index contributed by atoms with van der Waals surface area (Å²) in [6, 6.07) is 22.4. The van der Waals surface area contributed by atoms with Gasteiger partial charge in [-0.25, -0.2) is 10.2 Å². The van der Waals surface area contributed by atoms with Crippen molar-refractivity contribution in [1.82, 2.24) is 5.43 Å². The molecule has 178 valence electrons. The summed E-state index contributed by atoms with van der Waals surface area (Å²) in [6.07, 6.45) is 0. The summed E-state index contributed by atoms with van der Waals surface area (Å²) in [5, 5.41) is 18.8. The van der Waals surface area contributed by atoms with Crippen LogP contribution >= 0.6 is 0 Å². The number of para-hydroxylation sites is 1. The average molecular weight is 472 g/mol. The minimum atomic E-state index is -0.530. The van der Waals surface area contributed by atoms with Crippen LogP contribution in [0, 0.1) is 10.1 Å². The monoisotopic (exact) mass is 471 g/mol. The van der Waals surface area contributed by atoms with Crippen molar-refractivity contribution in [2.45, 2.75) is 13.8 Å². The Balaban J connectivity index is 1.77. The van der Waals surface area contributed by atoms with Gasteiger partial charge in [0.2, 0.25) is 5.55 Å². The zero-order valence-electron chi connectivity index (χ0n) is 19.4. The van der Waals surface area contributed by atoms with Crippen LogP contribution in [0.4, 0.5) is 21.9 Å². The number of carbonyl (C=O) groups excluding carboxylic acids is 1. The van der Waals surface area contributed by atoms with E-state index in [0.717, 1.165) is 24.2 Å². The molecule has 1 heterocycles. The number of nitrogens with zero attached hydrogens (tertiary/aromatic N) is 3. The van der Waals surface area contributed by atoms with Gasteiger partial charge in [0, 0.05) is 53.6 Å². The molecule has 0 radical (unpaired) electrons. The van der Waals surface area contributed by atoms with E-state index in [1.165, 1.54) is 12.1 Å². The summed E-state index contributed by atoms with van der Waals surface area (Å²) in [5.41, 5.74) is 6.11. The highest BCUT2D eigenvalue weighted by atomic mass is 16.6. The van der Waals surface area contributed by atoms with Crippen LogP contribution in [0.25, 0.3) is 22.1 Å². The molecule has 4 aromatic rings. The van der Waals surface area contributed by atoms with Crippen LogP contribution in [0.3, 0.4) is 0 Å². The summed E-state index contributed by atoms with van der Waals surface area (Å²) in [7, 11) is 0. The average Bonchev–Trinajstić information content (AvgIpc) is 2.88. The van der Waals surface area contributed by atoms with Gasteiger partial charge in [0.25, 0.3) is 5.69 Å². The van der Waals surface area contributed by atoms with Crippen LogP contribution < -0.4 is 21.2 Å². The van der Waals surface area contributed by atoms with E-state index in [4.69, 9.17) is 4.42 Å². The molecule has 0 saturated carbocycles. The number of urea groups is 1. The zero-order valence-corrected chi connectivity index (χ0v) is 19.4. The number of carbonyl (C=O) groups is 1. The fourth-order valence-electron chi connectivity index (χ4n) is 3.73. The zero-order chi connectivity index (χ0) is 24.8. The Morgan fingerprint density at radius 2 is 1.71 bits per heavy atom. The first-order valence-corrected chi connectivity index (χ1v) is 11.2. The van der Waals surface area contributed by atoms with Crippen LogP contribution in [0.2, 0.25) is 0 Å². The van der Waals surface area contributed by atoms with Crippen LogP contribution in [0.1, 0.15) is 13.8 Å². The molecular weight excluding hydrogens is 446 g/mol. The molecule has 0 saturated heterocycles. The van der Waals surface area contributed by atoms with Crippen molar-refractivity contribution in [3.8, 4) is 11.1 Å². The van der Waals surface area contributed by atoms with Gasteiger partial charge in [0.15, 0.2) is 0 Å². The number of fused-ring (bicyclic) bond motifs is 1. The minimum Gasteiger partial charge on any atom is -0.436 e. The van der Waals surface area contributed by atoms with E-state index in [-0.39, 0.29) is 11.2 Å². The van der Waals surface area contributed by atoms with Crippen molar-refractivity contribution < 1.29 is 14.1 Å². The number of nitro benzene ring substituents is 1. The van der Waals surface area contributed by atoms with Crippen molar-refractivity contribution in [2.75, 3.05) is 23.3 Å². The lowest BCUT2D eigenvalue weighted by Crippen LogP contribution is -2.27. The lowest BCUT2D eigenvalue weighted by atomic mass is 10.1. The van der Waals surface area contributed by atoms with Gasteiger partial charge >= 0.3 is 6.03 Å². The molecule has 2 N–H and O–H groups in total. The number of non-ortho nitro benzene ring substituents is 1. The summed E-state index contributed by atoms with van der Waals surface area (Å²) < 4.78 is 6.14. The lowest BCUT2D eigenvalue weighted by molar-refractivity contribution is -0.384. The highest BCUT2D eigenvalue weighted by Gasteiger charge is 2.12. The van der Waals surface area contributed by atoms with E-state index >= 15 is 0 Å². The molecule has 4 rings (SSSR count). The van der Waals surface area contributed by atoms with E-state index in [2.05, 4.69) is 34.6 Å². The molecule has 0 aliphatic rings. The summed E-state index contributed by atoms with van der Waals surface area (Å²) in [6.45, 7) is 5.86. The maximum Gasteiger partial charge on any atom is 0.339 e. The number of hydrogen-bond acceptors (Lipinski definition) is 6. The maximum atomic E-state index is 12.4. The summed E-state index contributed by atoms with van der Waals surface area (Å²) in [5.74, 6) is 0. The van der Waals surface area contributed by atoms with Crippen molar-refractivity contribution >= 4 is 34.1 Å². The van der Waals surface area contributed by atoms with E-state index in [1.807, 2.05) is 42.5 Å². The van der Waals surface area contributed by atoms with Crippen molar-refractivity contribution in [2.24, 2.45) is 5.10 Å². The third kappa shape index (κ3) is 5.47. The van der Waals surface area contributed by atoms with Gasteiger partial charge in [0.1, 0.15) is 5.58 Å². The van der Waals surface area contributed by atoms with Gasteiger partial charge in [0.05, 0.1) is 4.92 Å². The van der Waals surface area contributed by atoms with Crippen molar-refractivity contribution in [3.05, 3.63) is 94.5 Å². The topological polar surface area (TPSA) is 113 Å². The van der Waals surface area contributed by atoms with Crippen molar-refractivity contribution in [1.29, 1.82) is 0 Å². The quantitative estimate of drug-likeness (QED) is 0.273. The first kappa shape index (κ1) is 23.5. The molecule has 35 heavy (non-hydrogen) atoms. The third-order valence-electron chi connectivity index (χ3n) is 5.54. The molecule has 2 amide bonds. The molecule has 0 bridgehead atoms. The van der Waals surface area contributed by atoms with Crippen LogP contribution in [-0.4, -0.2) is 24.0 Å². The van der Waals surface area contributed by atoms with Gasteiger partial charge in [-0.3, -0.25) is 10.1 Å². The molecule has 9 nitrogen and oxygen atoms in total. The minimum absolute atomic E-state index is 0.0193. The summed E-state index contributed by atoms with van der Waals surface area (Å²) >= 11 is 0. The Kier molecular flexibility index (Phi) is 7.06. The number of benzene rings is 3. The molecule has 0 unspecified atom stereocenters. The second-order valence-corrected chi connectivity index (χ2v) is 7.71. The standard InChI is InChI=1S/C26H25N5O4/c1-3-30(4-2)22-15-12-19-16-23(18-10-13-21(14-11-18)31(33)34)25(35-24(19)17-22)28-29-26(32)27-20-8-6-5-7-9-20/h5-17H,3-4H2,1-2H3,(H2,27,29,32)/b28-25+. The molecular formula is C26H25N5O4. The molecule has 3 aromatic carbocycles. The first-order valence-electron chi connectivity index (χ1n) is 11.2. The van der Waals surface area contributed by atoms with Crippen LogP contribution in [0.5, 0.6) is 0 Å². The number of nitro groups is 1. The molecule has 9 heteroatoms. The number of anilines is 2. The SMILES string of the molecule is CCN(CC)c1ccc2cc(-c3ccc([N+](=O)[O-])cc3)/c(=N\NC(=O)Nc3ccccc3)oc2c1. The van der Waals surface area contributed by atoms with Gasteiger partial charge < -0.3 is 14.6 Å². The largest absolute Gasteiger partial charge is 0.436 e. The second kappa shape index (κ2) is 10.5. The Bertz CT molecular complexity index is 1410. The molecule has 0 fully saturated rings. The van der Waals surface area contributed by atoms with E-state index < -0.39 is 11.0 Å². The number of rotatable bonds is 7. The second-order valence-electron chi connectivity index (χ2n) is 7.71. The maximum absolute atomic E-state index is 12.4. The fourth-order valence-corrected chi connectivity index (χ4v) is 3.73. The van der Waals surface area contributed by atoms with Gasteiger partial charge in [-0.1, -0.05) is 18.2 Å². The molecule has 0 spiro atoms. The molecule has 0 aliphatic carbocycles. The van der Waals surface area contributed by atoms with Crippen LogP contribution in [-0.2, 0) is 0 Å². The Hall–Kier alpha value is -4.66.